The third-order valence-electron chi connectivity index (χ3n) is 3.28. The Morgan fingerprint density at radius 2 is 1.78 bits per heavy atom. The van der Waals surface area contributed by atoms with Gasteiger partial charge in [0.1, 0.15) is 0 Å². The lowest BCUT2D eigenvalue weighted by molar-refractivity contribution is 0.727. The van der Waals surface area contributed by atoms with Gasteiger partial charge in [-0.05, 0) is 41.8 Å². The summed E-state index contributed by atoms with van der Waals surface area (Å²) in [5, 5.41) is 0.672. The van der Waals surface area contributed by atoms with Crippen LogP contribution in [0.3, 0.4) is 0 Å². The van der Waals surface area contributed by atoms with Crippen molar-refractivity contribution in [3.8, 4) is 0 Å². The highest BCUT2D eigenvalue weighted by molar-refractivity contribution is 6.31. The van der Waals surface area contributed by atoms with Crippen molar-refractivity contribution in [3.05, 3.63) is 64.4 Å². The number of benzene rings is 1. The second-order valence-corrected chi connectivity index (χ2v) is 5.30. The van der Waals surface area contributed by atoms with Crippen LogP contribution in [0.4, 0.5) is 0 Å². The highest BCUT2D eigenvalue weighted by atomic mass is 35.5. The van der Waals surface area contributed by atoms with E-state index in [-0.39, 0.29) is 11.3 Å². The molecule has 0 bridgehead atoms. The molecule has 0 fully saturated rings. The predicted molar refractivity (Wildman–Crippen MR) is 77.4 cm³/mol. The van der Waals surface area contributed by atoms with Crippen LogP contribution in [0.2, 0.25) is 5.02 Å². The summed E-state index contributed by atoms with van der Waals surface area (Å²) in [5.74, 6) is 0.215. The van der Waals surface area contributed by atoms with Crippen LogP contribution in [0.1, 0.15) is 34.9 Å². The number of alkyl halides is 1. The molecule has 0 aliphatic rings. The summed E-state index contributed by atoms with van der Waals surface area (Å²) in [5.41, 5.74) is 3.33. The summed E-state index contributed by atoms with van der Waals surface area (Å²) >= 11 is 12.7. The zero-order chi connectivity index (χ0) is 13.1. The van der Waals surface area contributed by atoms with Gasteiger partial charge in [-0.2, -0.15) is 0 Å². The largest absolute Gasteiger partial charge is 0.265 e. The predicted octanol–water partition coefficient (Wildman–Crippen LogP) is 5.13. The van der Waals surface area contributed by atoms with Crippen molar-refractivity contribution in [1.82, 2.24) is 4.98 Å². The van der Waals surface area contributed by atoms with Gasteiger partial charge in [0.15, 0.2) is 0 Å². The zero-order valence-electron chi connectivity index (χ0n) is 10.4. The second-order valence-electron chi connectivity index (χ2n) is 4.43. The lowest BCUT2D eigenvalue weighted by Crippen LogP contribution is -2.04. The lowest BCUT2D eigenvalue weighted by atomic mass is 9.92. The number of halogens is 2. The number of nitrogens with zero attached hydrogens (tertiary/aromatic N) is 1. The van der Waals surface area contributed by atoms with Gasteiger partial charge >= 0.3 is 0 Å². The maximum absolute atomic E-state index is 6.59. The van der Waals surface area contributed by atoms with Gasteiger partial charge in [0.2, 0.25) is 0 Å². The lowest BCUT2D eigenvalue weighted by Gasteiger charge is -2.20. The first kappa shape index (κ1) is 13.4. The van der Waals surface area contributed by atoms with Crippen molar-refractivity contribution in [2.45, 2.75) is 25.1 Å². The molecule has 0 N–H and O–H groups in total. The van der Waals surface area contributed by atoms with Crippen molar-refractivity contribution in [3.63, 3.8) is 0 Å². The molecule has 0 amide bonds. The third kappa shape index (κ3) is 2.68. The van der Waals surface area contributed by atoms with Crippen LogP contribution in [-0.4, -0.2) is 4.98 Å². The second kappa shape index (κ2) is 5.73. The first-order valence-corrected chi connectivity index (χ1v) is 6.71. The molecule has 2 atom stereocenters. The van der Waals surface area contributed by atoms with Crippen LogP contribution < -0.4 is 0 Å². The Kier molecular flexibility index (Phi) is 4.26. The first-order valence-electron chi connectivity index (χ1n) is 5.90. The van der Waals surface area contributed by atoms with E-state index in [0.717, 1.165) is 16.1 Å². The average Bonchev–Trinajstić information content (AvgIpc) is 2.41. The number of aromatic nitrogens is 1. The van der Waals surface area contributed by atoms with Crippen LogP contribution in [0.5, 0.6) is 0 Å². The first-order chi connectivity index (χ1) is 8.61. The Hall–Kier alpha value is -1.05. The van der Waals surface area contributed by atoms with Crippen molar-refractivity contribution < 1.29 is 0 Å². The van der Waals surface area contributed by atoms with Crippen molar-refractivity contribution in [2.75, 3.05) is 0 Å². The SMILES string of the molecule is Cc1c(Cl)cccc1C(Cl)C(C)c1ccncc1. The topological polar surface area (TPSA) is 12.9 Å². The molecule has 18 heavy (non-hydrogen) atoms. The molecule has 0 radical (unpaired) electrons. The molecule has 2 rings (SSSR count). The van der Waals surface area contributed by atoms with E-state index < -0.39 is 0 Å². The molecule has 1 nitrogen and oxygen atoms in total. The fourth-order valence-corrected chi connectivity index (χ4v) is 2.59. The van der Waals surface area contributed by atoms with Crippen molar-refractivity contribution >= 4 is 23.2 Å². The Balaban J connectivity index is 2.31. The normalized spacial score (nSPS) is 14.2. The van der Waals surface area contributed by atoms with E-state index in [0.29, 0.717) is 0 Å². The van der Waals surface area contributed by atoms with Gasteiger partial charge in [0, 0.05) is 23.3 Å². The quantitative estimate of drug-likeness (QED) is 0.710. The molecule has 0 aliphatic heterocycles. The van der Waals surface area contributed by atoms with Gasteiger partial charge < -0.3 is 0 Å². The van der Waals surface area contributed by atoms with Gasteiger partial charge in [-0.25, -0.2) is 0 Å². The maximum atomic E-state index is 6.59. The standard InChI is InChI=1S/C15H15Cl2N/c1-10(12-6-8-18-9-7-12)15(17)13-4-3-5-14(16)11(13)2/h3-10,15H,1-2H3. The Labute approximate surface area is 118 Å². The minimum Gasteiger partial charge on any atom is -0.265 e. The Morgan fingerprint density at radius 3 is 2.44 bits per heavy atom. The number of pyridine rings is 1. The van der Waals surface area contributed by atoms with E-state index in [1.54, 1.807) is 12.4 Å². The molecule has 3 heteroatoms. The molecule has 1 aromatic carbocycles. The molecule has 0 saturated carbocycles. The van der Waals surface area contributed by atoms with Crippen molar-refractivity contribution in [2.24, 2.45) is 0 Å². The summed E-state index contributed by atoms with van der Waals surface area (Å²) in [6.07, 6.45) is 3.58. The number of hydrogen-bond acceptors (Lipinski definition) is 1. The summed E-state index contributed by atoms with van der Waals surface area (Å²) in [4.78, 5) is 4.03. The van der Waals surface area contributed by atoms with E-state index in [9.17, 15) is 0 Å². The fourth-order valence-electron chi connectivity index (χ4n) is 2.03. The highest BCUT2D eigenvalue weighted by Crippen LogP contribution is 2.38. The van der Waals surface area contributed by atoms with Crippen molar-refractivity contribution in [1.29, 1.82) is 0 Å². The van der Waals surface area contributed by atoms with Crippen LogP contribution in [0.25, 0.3) is 0 Å². The van der Waals surface area contributed by atoms with E-state index in [1.165, 1.54) is 5.56 Å². The monoisotopic (exact) mass is 279 g/mol. The summed E-state index contributed by atoms with van der Waals surface area (Å²) in [6, 6.07) is 9.87. The molecule has 0 saturated heterocycles. The zero-order valence-corrected chi connectivity index (χ0v) is 11.9. The van der Waals surface area contributed by atoms with Crippen LogP contribution in [0, 0.1) is 6.92 Å². The Bertz CT molecular complexity index is 525. The van der Waals surface area contributed by atoms with E-state index in [4.69, 9.17) is 23.2 Å². The summed E-state index contributed by atoms with van der Waals surface area (Å²) in [7, 11) is 0. The fraction of sp³-hybridized carbons (Fsp3) is 0.267. The van der Waals surface area contributed by atoms with Gasteiger partial charge in [-0.3, -0.25) is 4.98 Å². The smallest absolute Gasteiger partial charge is 0.0654 e. The van der Waals surface area contributed by atoms with E-state index in [1.807, 2.05) is 37.3 Å². The van der Waals surface area contributed by atoms with Crippen LogP contribution in [-0.2, 0) is 0 Å². The molecule has 1 heterocycles. The van der Waals surface area contributed by atoms with Crippen LogP contribution >= 0.6 is 23.2 Å². The molecular weight excluding hydrogens is 265 g/mol. The molecule has 0 spiro atoms. The Morgan fingerprint density at radius 1 is 1.11 bits per heavy atom. The van der Waals surface area contributed by atoms with Gasteiger partial charge in [0.25, 0.3) is 0 Å². The van der Waals surface area contributed by atoms with Gasteiger partial charge in [-0.1, -0.05) is 30.7 Å². The maximum Gasteiger partial charge on any atom is 0.0654 e. The number of rotatable bonds is 3. The summed E-state index contributed by atoms with van der Waals surface area (Å²) in [6.45, 7) is 4.12. The van der Waals surface area contributed by atoms with Gasteiger partial charge in [0.05, 0.1) is 5.38 Å². The third-order valence-corrected chi connectivity index (χ3v) is 4.30. The molecule has 0 aliphatic carbocycles. The molecule has 2 aromatic rings. The van der Waals surface area contributed by atoms with E-state index >= 15 is 0 Å². The average molecular weight is 280 g/mol. The summed E-state index contributed by atoms with van der Waals surface area (Å²) < 4.78 is 0. The number of hydrogen-bond donors (Lipinski definition) is 0. The minimum absolute atomic E-state index is 0.0916. The molecule has 94 valence electrons. The van der Waals surface area contributed by atoms with Crippen LogP contribution in [0.15, 0.2) is 42.7 Å². The highest BCUT2D eigenvalue weighted by Gasteiger charge is 2.20. The minimum atomic E-state index is -0.0916. The van der Waals surface area contributed by atoms with E-state index in [2.05, 4.69) is 11.9 Å². The molecule has 1 aromatic heterocycles. The van der Waals surface area contributed by atoms with Gasteiger partial charge in [-0.15, -0.1) is 11.6 Å². The molecular formula is C15H15Cl2N. The molecule has 2 unspecified atom stereocenters.